The lowest BCUT2D eigenvalue weighted by Gasteiger charge is -2.18. The number of aliphatic hydroxyl groups excluding tert-OH is 1. The zero-order valence-corrected chi connectivity index (χ0v) is 10.9. The molecule has 0 spiro atoms. The Bertz CT molecular complexity index is 462. The van der Waals surface area contributed by atoms with Crippen LogP contribution in [-0.2, 0) is 4.79 Å². The number of carbonyl (C=O) groups is 2. The van der Waals surface area contributed by atoms with Crippen LogP contribution in [-0.4, -0.2) is 34.9 Å². The van der Waals surface area contributed by atoms with Crippen molar-refractivity contribution in [3.63, 3.8) is 0 Å². The van der Waals surface area contributed by atoms with Gasteiger partial charge in [0, 0.05) is 0 Å². The van der Waals surface area contributed by atoms with Gasteiger partial charge >= 0.3 is 12.0 Å². The number of nitrogens with one attached hydrogen (secondary N) is 2. The fourth-order valence-corrected chi connectivity index (χ4v) is 1.73. The number of carbonyl (C=O) groups excluding carboxylic acids is 1. The smallest absolute Gasteiger partial charge is 0.328 e. The van der Waals surface area contributed by atoms with Crippen molar-refractivity contribution in [1.29, 1.82) is 0 Å². The molecular formula is C13H18N2O4. The first-order chi connectivity index (χ1) is 8.95. The Morgan fingerprint density at radius 2 is 1.89 bits per heavy atom. The van der Waals surface area contributed by atoms with E-state index in [2.05, 4.69) is 10.6 Å². The summed E-state index contributed by atoms with van der Waals surface area (Å²) in [7, 11) is 0. The van der Waals surface area contributed by atoms with Crippen molar-refractivity contribution in [1.82, 2.24) is 10.6 Å². The second kappa shape index (κ2) is 6.75. The summed E-state index contributed by atoms with van der Waals surface area (Å²) in [4.78, 5) is 22.3. The summed E-state index contributed by atoms with van der Waals surface area (Å²) in [6.45, 7) is 3.08. The predicted octanol–water partition coefficient (Wildman–Crippen LogP) is 0.801. The third-order valence-corrected chi connectivity index (χ3v) is 2.79. The van der Waals surface area contributed by atoms with Gasteiger partial charge in [-0.2, -0.15) is 0 Å². The lowest BCUT2D eigenvalue weighted by molar-refractivity contribution is -0.140. The second-order valence-electron chi connectivity index (χ2n) is 4.27. The lowest BCUT2D eigenvalue weighted by atomic mass is 10.0. The van der Waals surface area contributed by atoms with Crippen LogP contribution in [0.5, 0.6) is 0 Å². The molecule has 0 bridgehead atoms. The van der Waals surface area contributed by atoms with Gasteiger partial charge in [-0.05, 0) is 25.0 Å². The first-order valence-corrected chi connectivity index (χ1v) is 5.92. The maximum absolute atomic E-state index is 11.6. The van der Waals surface area contributed by atoms with Crippen molar-refractivity contribution in [2.24, 2.45) is 0 Å². The van der Waals surface area contributed by atoms with Crippen LogP contribution in [0.15, 0.2) is 24.3 Å². The average molecular weight is 266 g/mol. The Morgan fingerprint density at radius 1 is 1.26 bits per heavy atom. The molecule has 6 nitrogen and oxygen atoms in total. The van der Waals surface area contributed by atoms with E-state index in [9.17, 15) is 9.59 Å². The summed E-state index contributed by atoms with van der Waals surface area (Å²) in [6, 6.07) is 5.40. The van der Waals surface area contributed by atoms with Crippen molar-refractivity contribution in [3.05, 3.63) is 35.4 Å². The quantitative estimate of drug-likeness (QED) is 0.633. The molecule has 4 N–H and O–H groups in total. The SMILES string of the molecule is Cc1ccccc1C(C)NC(=O)N[C@@H](CO)C(=O)O. The third-order valence-electron chi connectivity index (χ3n) is 2.79. The molecule has 0 saturated heterocycles. The highest BCUT2D eigenvalue weighted by molar-refractivity contribution is 5.82. The normalized spacial score (nSPS) is 13.4. The summed E-state index contributed by atoms with van der Waals surface area (Å²) in [6.07, 6.45) is 0. The monoisotopic (exact) mass is 266 g/mol. The van der Waals surface area contributed by atoms with Crippen molar-refractivity contribution in [2.75, 3.05) is 6.61 Å². The molecule has 2 atom stereocenters. The van der Waals surface area contributed by atoms with Gasteiger partial charge < -0.3 is 20.8 Å². The van der Waals surface area contributed by atoms with Gasteiger partial charge in [-0.3, -0.25) is 0 Å². The number of aliphatic carboxylic acids is 1. The van der Waals surface area contributed by atoms with Crippen molar-refractivity contribution in [2.45, 2.75) is 25.9 Å². The van der Waals surface area contributed by atoms with Crippen LogP contribution < -0.4 is 10.6 Å². The largest absolute Gasteiger partial charge is 0.480 e. The third kappa shape index (κ3) is 4.26. The Kier molecular flexibility index (Phi) is 5.32. The van der Waals surface area contributed by atoms with Crippen molar-refractivity contribution < 1.29 is 19.8 Å². The lowest BCUT2D eigenvalue weighted by Crippen LogP contribution is -2.48. The van der Waals surface area contributed by atoms with Gasteiger partial charge in [0.05, 0.1) is 12.6 Å². The highest BCUT2D eigenvalue weighted by Gasteiger charge is 2.20. The Morgan fingerprint density at radius 3 is 2.42 bits per heavy atom. The van der Waals surface area contributed by atoms with E-state index in [-0.39, 0.29) is 6.04 Å². The molecule has 6 heteroatoms. The fraction of sp³-hybridized carbons (Fsp3) is 0.385. The molecule has 0 saturated carbocycles. The first kappa shape index (κ1) is 15.0. The Balaban J connectivity index is 2.62. The van der Waals surface area contributed by atoms with Gasteiger partial charge in [-0.15, -0.1) is 0 Å². The van der Waals surface area contributed by atoms with Crippen molar-refractivity contribution >= 4 is 12.0 Å². The number of rotatable bonds is 5. The molecule has 1 rings (SSSR count). The molecule has 1 unspecified atom stereocenters. The minimum absolute atomic E-state index is 0.255. The first-order valence-electron chi connectivity index (χ1n) is 5.92. The topological polar surface area (TPSA) is 98.7 Å². The van der Waals surface area contributed by atoms with E-state index >= 15 is 0 Å². The fourth-order valence-electron chi connectivity index (χ4n) is 1.73. The van der Waals surface area contributed by atoms with Gasteiger partial charge in [0.25, 0.3) is 0 Å². The number of benzene rings is 1. The maximum atomic E-state index is 11.6. The summed E-state index contributed by atoms with van der Waals surface area (Å²) in [5.74, 6) is -1.28. The number of aliphatic hydroxyl groups is 1. The van der Waals surface area contributed by atoms with Gasteiger partial charge in [0.15, 0.2) is 6.04 Å². The number of hydrogen-bond acceptors (Lipinski definition) is 3. The van der Waals surface area contributed by atoms with Crippen LogP contribution in [0.2, 0.25) is 0 Å². The average Bonchev–Trinajstić information content (AvgIpc) is 2.35. The molecular weight excluding hydrogens is 248 g/mol. The van der Waals surface area contributed by atoms with Gasteiger partial charge in [0.2, 0.25) is 0 Å². The van der Waals surface area contributed by atoms with Gasteiger partial charge in [0.1, 0.15) is 0 Å². The summed E-state index contributed by atoms with van der Waals surface area (Å²) in [5.41, 5.74) is 1.99. The molecule has 0 radical (unpaired) electrons. The highest BCUT2D eigenvalue weighted by Crippen LogP contribution is 2.16. The van der Waals surface area contributed by atoms with Crippen LogP contribution >= 0.6 is 0 Å². The molecule has 0 heterocycles. The number of amides is 2. The van der Waals surface area contributed by atoms with E-state index in [4.69, 9.17) is 10.2 Å². The molecule has 0 fully saturated rings. The zero-order chi connectivity index (χ0) is 14.4. The molecule has 104 valence electrons. The Hall–Kier alpha value is -2.08. The maximum Gasteiger partial charge on any atom is 0.328 e. The Labute approximate surface area is 111 Å². The molecule has 1 aromatic carbocycles. The molecule has 0 aliphatic heterocycles. The van der Waals surface area contributed by atoms with Gasteiger partial charge in [-0.25, -0.2) is 9.59 Å². The summed E-state index contributed by atoms with van der Waals surface area (Å²) >= 11 is 0. The van der Waals surface area contributed by atoms with Crippen LogP contribution in [0, 0.1) is 6.92 Å². The zero-order valence-electron chi connectivity index (χ0n) is 10.9. The standard InChI is InChI=1S/C13H18N2O4/c1-8-5-3-4-6-10(8)9(2)14-13(19)15-11(7-16)12(17)18/h3-6,9,11,16H,7H2,1-2H3,(H,17,18)(H2,14,15,19)/t9?,11-/m0/s1. The molecule has 0 aromatic heterocycles. The van der Waals surface area contributed by atoms with E-state index in [0.717, 1.165) is 11.1 Å². The highest BCUT2D eigenvalue weighted by atomic mass is 16.4. The van der Waals surface area contributed by atoms with Crippen molar-refractivity contribution in [3.8, 4) is 0 Å². The second-order valence-corrected chi connectivity index (χ2v) is 4.27. The molecule has 1 aromatic rings. The van der Waals surface area contributed by atoms with E-state index in [1.807, 2.05) is 31.2 Å². The number of carboxylic acid groups (broad SMARTS) is 1. The predicted molar refractivity (Wildman–Crippen MR) is 69.8 cm³/mol. The van der Waals surface area contributed by atoms with Gasteiger partial charge in [-0.1, -0.05) is 24.3 Å². The number of hydrogen-bond donors (Lipinski definition) is 4. The number of aryl methyl sites for hydroxylation is 1. The van der Waals surface area contributed by atoms with E-state index in [0.29, 0.717) is 0 Å². The molecule has 19 heavy (non-hydrogen) atoms. The van der Waals surface area contributed by atoms with E-state index < -0.39 is 24.6 Å². The minimum atomic E-state index is -1.30. The van der Waals surface area contributed by atoms with Crippen LogP contribution in [0.4, 0.5) is 4.79 Å². The summed E-state index contributed by atoms with van der Waals surface area (Å²) in [5, 5.41) is 22.4. The molecule has 2 amide bonds. The number of urea groups is 1. The minimum Gasteiger partial charge on any atom is -0.480 e. The molecule has 0 aliphatic carbocycles. The summed E-state index contributed by atoms with van der Waals surface area (Å²) < 4.78 is 0. The number of carboxylic acids is 1. The molecule has 0 aliphatic rings. The van der Waals surface area contributed by atoms with Crippen LogP contribution in [0.1, 0.15) is 24.1 Å². The van der Waals surface area contributed by atoms with E-state index in [1.54, 1.807) is 6.92 Å². The van der Waals surface area contributed by atoms with E-state index in [1.165, 1.54) is 0 Å². The van der Waals surface area contributed by atoms with Crippen LogP contribution in [0.3, 0.4) is 0 Å². The van der Waals surface area contributed by atoms with Crippen LogP contribution in [0.25, 0.3) is 0 Å².